The maximum atomic E-state index is 13.0. The van der Waals surface area contributed by atoms with Crippen molar-refractivity contribution in [3.8, 4) is 0 Å². The number of nitrogens with one attached hydrogen (secondary N) is 3. The van der Waals surface area contributed by atoms with E-state index in [9.17, 15) is 9.59 Å². The Hall–Kier alpha value is -2.11. The number of hydrogen-bond acceptors (Lipinski definition) is 8. The molecule has 0 saturated carbocycles. The molecule has 0 aliphatic carbocycles. The van der Waals surface area contributed by atoms with Crippen molar-refractivity contribution in [2.24, 2.45) is 5.73 Å². The third-order valence-electron chi connectivity index (χ3n) is 4.72. The Morgan fingerprint density at radius 2 is 2.15 bits per heavy atom. The van der Waals surface area contributed by atoms with Crippen molar-refractivity contribution >= 4 is 33.4 Å². The van der Waals surface area contributed by atoms with Crippen molar-refractivity contribution in [3.05, 3.63) is 29.3 Å². The number of morpholine rings is 1. The molecule has 10 heteroatoms. The van der Waals surface area contributed by atoms with Crippen LogP contribution in [0.3, 0.4) is 0 Å². The molecule has 27 heavy (non-hydrogen) atoms. The second-order valence-corrected chi connectivity index (χ2v) is 7.61. The summed E-state index contributed by atoms with van der Waals surface area (Å²) < 4.78 is 6.40. The molecular weight excluding hydrogens is 368 g/mol. The minimum absolute atomic E-state index is 0.0256. The highest BCUT2D eigenvalue weighted by molar-refractivity contribution is 7.18. The van der Waals surface area contributed by atoms with Gasteiger partial charge in [-0.3, -0.25) is 25.1 Å². The summed E-state index contributed by atoms with van der Waals surface area (Å²) in [4.78, 5) is 31.0. The van der Waals surface area contributed by atoms with Gasteiger partial charge in [-0.15, -0.1) is 11.3 Å². The molecule has 1 aromatic heterocycles. The van der Waals surface area contributed by atoms with Crippen LogP contribution in [0.15, 0.2) is 24.3 Å². The molecule has 1 aromatic carbocycles. The average molecular weight is 390 g/mol. The van der Waals surface area contributed by atoms with Gasteiger partial charge in [0.15, 0.2) is 0 Å². The van der Waals surface area contributed by atoms with Crippen LogP contribution < -0.4 is 21.7 Å². The van der Waals surface area contributed by atoms with Gasteiger partial charge < -0.3 is 15.8 Å². The lowest BCUT2D eigenvalue weighted by Gasteiger charge is -2.43. The molecule has 3 atom stereocenters. The van der Waals surface area contributed by atoms with Crippen LogP contribution in [-0.4, -0.2) is 67.0 Å². The monoisotopic (exact) mass is 390 g/mol. The molecule has 2 fully saturated rings. The van der Waals surface area contributed by atoms with E-state index in [1.807, 2.05) is 24.3 Å². The number of ether oxygens (including phenoxy) is 1. The number of amides is 2. The number of fused-ring (bicyclic) bond motifs is 1. The molecule has 2 amide bonds. The van der Waals surface area contributed by atoms with Crippen LogP contribution in [0.4, 0.5) is 0 Å². The van der Waals surface area contributed by atoms with E-state index in [0.717, 1.165) is 10.2 Å². The first-order valence-electron chi connectivity index (χ1n) is 8.87. The quantitative estimate of drug-likeness (QED) is 0.523. The van der Waals surface area contributed by atoms with Gasteiger partial charge in [0.2, 0.25) is 11.8 Å². The lowest BCUT2D eigenvalue weighted by atomic mass is 10.0. The fraction of sp³-hybridized carbons (Fsp3) is 0.471. The van der Waals surface area contributed by atoms with Gasteiger partial charge in [-0.2, -0.15) is 0 Å². The van der Waals surface area contributed by atoms with E-state index in [1.54, 1.807) is 0 Å². The first-order chi connectivity index (χ1) is 13.1. The molecule has 144 valence electrons. The zero-order chi connectivity index (χ0) is 18.8. The fourth-order valence-electron chi connectivity index (χ4n) is 3.38. The van der Waals surface area contributed by atoms with Gasteiger partial charge in [-0.1, -0.05) is 12.1 Å². The van der Waals surface area contributed by atoms with Gasteiger partial charge >= 0.3 is 0 Å². The fourth-order valence-corrected chi connectivity index (χ4v) is 4.49. The second-order valence-electron chi connectivity index (χ2n) is 6.55. The van der Waals surface area contributed by atoms with Crippen molar-refractivity contribution in [2.45, 2.75) is 18.4 Å². The molecule has 2 aliphatic rings. The van der Waals surface area contributed by atoms with Crippen LogP contribution >= 0.6 is 11.3 Å². The normalized spacial score (nSPS) is 26.8. The van der Waals surface area contributed by atoms with Gasteiger partial charge in [0, 0.05) is 13.1 Å². The number of primary amides is 1. The topological polar surface area (TPSA) is 122 Å². The summed E-state index contributed by atoms with van der Waals surface area (Å²) in [6.45, 7) is 2.64. The summed E-state index contributed by atoms with van der Waals surface area (Å²) in [6.07, 6.45) is -0.794. The predicted molar refractivity (Wildman–Crippen MR) is 101 cm³/mol. The number of benzene rings is 1. The molecule has 3 unspecified atom stereocenters. The Kier molecular flexibility index (Phi) is 5.32. The average Bonchev–Trinajstić information content (AvgIpc) is 3.10. The second kappa shape index (κ2) is 7.87. The number of nitrogens with two attached hydrogens (primary N) is 1. The number of rotatable bonds is 5. The van der Waals surface area contributed by atoms with Gasteiger partial charge in [-0.05, 0) is 12.1 Å². The molecular formula is C17H22N6O3S. The Balaban J connectivity index is 1.59. The third kappa shape index (κ3) is 3.94. The number of carbonyl (C=O) groups excluding carboxylic acids is 2. The van der Waals surface area contributed by atoms with Crippen molar-refractivity contribution in [3.63, 3.8) is 0 Å². The van der Waals surface area contributed by atoms with Gasteiger partial charge in [0.05, 0.1) is 36.1 Å². The number of nitrogens with zero attached hydrogens (tertiary/aromatic N) is 2. The minimum Gasteiger partial charge on any atom is -0.379 e. The van der Waals surface area contributed by atoms with Gasteiger partial charge in [-0.25, -0.2) is 4.98 Å². The van der Waals surface area contributed by atoms with E-state index in [4.69, 9.17) is 10.5 Å². The Morgan fingerprint density at radius 1 is 1.37 bits per heavy atom. The lowest BCUT2D eigenvalue weighted by Crippen LogP contribution is -2.70. The van der Waals surface area contributed by atoms with Crippen LogP contribution in [0.1, 0.15) is 10.9 Å². The highest BCUT2D eigenvalue weighted by atomic mass is 32.1. The van der Waals surface area contributed by atoms with E-state index in [1.165, 1.54) is 11.3 Å². The summed E-state index contributed by atoms with van der Waals surface area (Å²) in [5.41, 5.74) is 6.15. The van der Waals surface area contributed by atoms with Crippen LogP contribution in [0.2, 0.25) is 0 Å². The molecule has 0 radical (unpaired) electrons. The zero-order valence-electron chi connectivity index (χ0n) is 14.7. The highest BCUT2D eigenvalue weighted by Crippen LogP contribution is 2.30. The zero-order valence-corrected chi connectivity index (χ0v) is 15.5. The van der Waals surface area contributed by atoms with E-state index in [0.29, 0.717) is 31.3 Å². The number of thiazole rings is 1. The Bertz CT molecular complexity index is 804. The molecule has 5 N–H and O–H groups in total. The van der Waals surface area contributed by atoms with Crippen molar-refractivity contribution in [1.29, 1.82) is 0 Å². The Labute approximate surface area is 160 Å². The maximum absolute atomic E-state index is 13.0. The maximum Gasteiger partial charge on any atom is 0.235 e. The summed E-state index contributed by atoms with van der Waals surface area (Å²) in [5, 5.41) is 10.2. The molecule has 0 bridgehead atoms. The van der Waals surface area contributed by atoms with E-state index < -0.39 is 18.0 Å². The highest BCUT2D eigenvalue weighted by Gasteiger charge is 2.41. The predicted octanol–water partition coefficient (Wildman–Crippen LogP) is -0.884. The molecule has 3 heterocycles. The molecule has 2 aliphatic heterocycles. The van der Waals surface area contributed by atoms with E-state index in [-0.39, 0.29) is 18.7 Å². The summed E-state index contributed by atoms with van der Waals surface area (Å²) in [5.74, 6) is -1.17. The van der Waals surface area contributed by atoms with Crippen molar-refractivity contribution in [2.75, 3.05) is 32.8 Å². The molecule has 2 aromatic rings. The van der Waals surface area contributed by atoms with Crippen LogP contribution in [0.25, 0.3) is 10.2 Å². The van der Waals surface area contributed by atoms with Gasteiger partial charge in [0.1, 0.15) is 17.2 Å². The number of carbonyl (C=O) groups is 2. The number of aromatic nitrogens is 1. The first kappa shape index (κ1) is 18.3. The molecule has 4 rings (SSSR count). The number of hydrogen-bond donors (Lipinski definition) is 4. The number of para-hydroxylation sites is 1. The summed E-state index contributed by atoms with van der Waals surface area (Å²) in [7, 11) is 0. The van der Waals surface area contributed by atoms with Crippen molar-refractivity contribution in [1.82, 2.24) is 25.8 Å². The molecule has 9 nitrogen and oxygen atoms in total. The van der Waals surface area contributed by atoms with E-state index in [2.05, 4.69) is 25.8 Å². The van der Waals surface area contributed by atoms with Gasteiger partial charge in [0.25, 0.3) is 0 Å². The largest absolute Gasteiger partial charge is 0.379 e. The van der Waals surface area contributed by atoms with Crippen LogP contribution in [-0.2, 0) is 14.3 Å². The van der Waals surface area contributed by atoms with E-state index >= 15 is 0 Å². The van der Waals surface area contributed by atoms with Crippen LogP contribution in [0, 0.1) is 0 Å². The minimum atomic E-state index is -0.556. The molecule has 2 saturated heterocycles. The smallest absolute Gasteiger partial charge is 0.235 e. The van der Waals surface area contributed by atoms with Crippen LogP contribution in [0.5, 0.6) is 0 Å². The molecule has 0 spiro atoms. The lowest BCUT2D eigenvalue weighted by molar-refractivity contribution is -0.131. The SMILES string of the molecule is NC(=O)CNC1NC(N2CCOCC2)NC(=O)C1c1nc2ccccc2s1. The summed E-state index contributed by atoms with van der Waals surface area (Å²) >= 11 is 1.48. The summed E-state index contributed by atoms with van der Waals surface area (Å²) in [6, 6.07) is 7.77. The third-order valence-corrected chi connectivity index (χ3v) is 5.84. The van der Waals surface area contributed by atoms with Crippen molar-refractivity contribution < 1.29 is 14.3 Å². The Morgan fingerprint density at radius 3 is 2.89 bits per heavy atom. The first-order valence-corrected chi connectivity index (χ1v) is 9.69. The standard InChI is InChI=1S/C17H22N6O3S/c18-12(24)9-19-14-13(16-20-10-3-1-2-4-11(10)27-16)15(25)22-17(21-14)23-5-7-26-8-6-23/h1-4,13-14,17,19,21H,5-9H2,(H2,18,24)(H,22,25).